The molecule has 1 aromatic rings. The summed E-state index contributed by atoms with van der Waals surface area (Å²) in [5.41, 5.74) is -0.363. The van der Waals surface area contributed by atoms with E-state index in [1.54, 1.807) is 71.5 Å². The van der Waals surface area contributed by atoms with Gasteiger partial charge in [-0.05, 0) is 86.3 Å². The Kier molecular flexibility index (Phi) is 10.9. The van der Waals surface area contributed by atoms with Gasteiger partial charge in [0.05, 0.1) is 0 Å². The van der Waals surface area contributed by atoms with Crippen LogP contribution in [0.3, 0.4) is 0 Å². The molecule has 198 valence electrons. The van der Waals surface area contributed by atoms with Crippen LogP contribution in [0.25, 0.3) is 0 Å². The molecule has 0 bridgehead atoms. The van der Waals surface area contributed by atoms with E-state index in [1.807, 2.05) is 27.0 Å². The number of benzene rings is 1. The van der Waals surface area contributed by atoms with Crippen LogP contribution < -0.4 is 10.6 Å². The molecule has 0 spiro atoms. The first kappa shape index (κ1) is 30.6. The molecule has 9 heteroatoms. The third-order valence-electron chi connectivity index (χ3n) is 5.00. The van der Waals surface area contributed by atoms with Crippen LogP contribution in [0.1, 0.15) is 79.0 Å². The van der Waals surface area contributed by atoms with E-state index in [9.17, 15) is 19.5 Å². The third-order valence-corrected chi connectivity index (χ3v) is 5.64. The minimum Gasteiger partial charge on any atom is -0.507 e. The van der Waals surface area contributed by atoms with Crippen LogP contribution in [0.2, 0.25) is 0 Å². The van der Waals surface area contributed by atoms with Gasteiger partial charge in [-0.3, -0.25) is 9.59 Å². The Morgan fingerprint density at radius 2 is 1.71 bits per heavy atom. The first-order chi connectivity index (χ1) is 16.0. The van der Waals surface area contributed by atoms with Crippen molar-refractivity contribution < 1.29 is 24.2 Å². The van der Waals surface area contributed by atoms with Crippen LogP contribution in [-0.4, -0.2) is 63.1 Å². The highest BCUT2D eigenvalue weighted by Gasteiger charge is 2.39. The van der Waals surface area contributed by atoms with Crippen molar-refractivity contribution in [3.63, 3.8) is 0 Å². The maximum atomic E-state index is 14.0. The van der Waals surface area contributed by atoms with Gasteiger partial charge in [-0.2, -0.15) is 11.8 Å². The highest BCUT2D eigenvalue weighted by molar-refractivity contribution is 7.98. The molecule has 0 heterocycles. The molecule has 0 aliphatic heterocycles. The minimum absolute atomic E-state index is 0.0409. The van der Waals surface area contributed by atoms with E-state index in [2.05, 4.69) is 10.6 Å². The van der Waals surface area contributed by atoms with Gasteiger partial charge in [0.25, 0.3) is 0 Å². The van der Waals surface area contributed by atoms with Gasteiger partial charge in [-0.25, -0.2) is 4.79 Å². The molecule has 0 saturated heterocycles. The van der Waals surface area contributed by atoms with Crippen LogP contribution in [0.15, 0.2) is 18.2 Å². The van der Waals surface area contributed by atoms with E-state index < -0.39 is 47.2 Å². The minimum atomic E-state index is -1.10. The number of carbonyl (C=O) groups is 3. The highest BCUT2D eigenvalue weighted by atomic mass is 32.2. The van der Waals surface area contributed by atoms with Crippen molar-refractivity contribution >= 4 is 29.7 Å². The first-order valence-corrected chi connectivity index (χ1v) is 13.3. The second kappa shape index (κ2) is 12.5. The summed E-state index contributed by atoms with van der Waals surface area (Å²) in [6, 6.07) is 2.72. The maximum absolute atomic E-state index is 14.0. The number of rotatable bonds is 9. The van der Waals surface area contributed by atoms with Crippen LogP contribution >= 0.6 is 11.8 Å². The van der Waals surface area contributed by atoms with E-state index in [-0.39, 0.29) is 5.75 Å². The number of aromatic hydroxyl groups is 1. The summed E-state index contributed by atoms with van der Waals surface area (Å²) in [6.07, 6.45) is 1.57. The fourth-order valence-corrected chi connectivity index (χ4v) is 4.03. The number of nitrogens with one attached hydrogen (secondary N) is 2. The number of alkyl carbamates (subject to hydrolysis) is 1. The molecular weight excluding hydrogens is 466 g/mol. The molecule has 0 aromatic heterocycles. The number of nitrogens with zero attached hydrogens (tertiary/aromatic N) is 1. The predicted octanol–water partition coefficient (Wildman–Crippen LogP) is 4.54. The molecule has 0 fully saturated rings. The Morgan fingerprint density at radius 1 is 1.11 bits per heavy atom. The number of hydrogen-bond acceptors (Lipinski definition) is 6. The zero-order valence-corrected chi connectivity index (χ0v) is 23.6. The Morgan fingerprint density at radius 3 is 2.20 bits per heavy atom. The van der Waals surface area contributed by atoms with Crippen LogP contribution in [0, 0.1) is 6.92 Å². The molecule has 8 nitrogen and oxygen atoms in total. The summed E-state index contributed by atoms with van der Waals surface area (Å²) in [7, 11) is 0. The zero-order valence-electron chi connectivity index (χ0n) is 22.8. The molecule has 1 rings (SSSR count). The average Bonchev–Trinajstić information content (AvgIpc) is 2.68. The number of amides is 3. The molecule has 0 aliphatic carbocycles. The monoisotopic (exact) mass is 509 g/mol. The molecule has 0 radical (unpaired) electrons. The van der Waals surface area contributed by atoms with Gasteiger partial charge in [0.2, 0.25) is 11.8 Å². The summed E-state index contributed by atoms with van der Waals surface area (Å²) < 4.78 is 5.38. The topological polar surface area (TPSA) is 108 Å². The van der Waals surface area contributed by atoms with Gasteiger partial charge in [0.15, 0.2) is 0 Å². The molecule has 0 aliphatic rings. The molecule has 2 atom stereocenters. The number of ether oxygens (including phenoxy) is 1. The van der Waals surface area contributed by atoms with Crippen molar-refractivity contribution in [3.8, 4) is 5.75 Å². The summed E-state index contributed by atoms with van der Waals surface area (Å²) in [5.74, 6) is -0.260. The second-order valence-corrected chi connectivity index (χ2v) is 12.0. The lowest BCUT2D eigenvalue weighted by molar-refractivity contribution is -0.145. The molecule has 3 amide bonds. The smallest absolute Gasteiger partial charge is 0.408 e. The lowest BCUT2D eigenvalue weighted by Crippen LogP contribution is -2.56. The molecule has 0 saturated carbocycles. The van der Waals surface area contributed by atoms with E-state index in [1.165, 1.54) is 4.90 Å². The average molecular weight is 510 g/mol. The SMILES string of the molecule is CSCCC(NC(=O)OC(C)(C)C)C(=O)N(C(C)C)C(C(=O)NC(C)(C)C)c1cccc(C)c1O. The van der Waals surface area contributed by atoms with Crippen molar-refractivity contribution in [3.05, 3.63) is 29.3 Å². The highest BCUT2D eigenvalue weighted by Crippen LogP contribution is 2.34. The van der Waals surface area contributed by atoms with Gasteiger partial charge in [0.1, 0.15) is 23.4 Å². The summed E-state index contributed by atoms with van der Waals surface area (Å²) in [5, 5.41) is 16.5. The van der Waals surface area contributed by atoms with Gasteiger partial charge < -0.3 is 25.4 Å². The maximum Gasteiger partial charge on any atom is 0.408 e. The molecule has 1 aromatic carbocycles. The standard InChI is InChI=1S/C26H43N3O5S/c1-16(2)29(23(32)19(14-15-35-10)27-24(33)34-26(7,8)9)20(22(31)28-25(4,5)6)18-13-11-12-17(3)21(18)30/h11-13,16,19-20,30H,14-15H2,1-10H3,(H,27,33)(H,28,31). The summed E-state index contributed by atoms with van der Waals surface area (Å²) in [4.78, 5) is 41.5. The van der Waals surface area contributed by atoms with Crippen molar-refractivity contribution in [1.82, 2.24) is 15.5 Å². The Balaban J connectivity index is 3.55. The Labute approximate surface area is 214 Å². The normalized spacial score (nSPS) is 13.7. The summed E-state index contributed by atoms with van der Waals surface area (Å²) in [6.45, 7) is 16.2. The van der Waals surface area contributed by atoms with Crippen LogP contribution in [0.5, 0.6) is 5.75 Å². The van der Waals surface area contributed by atoms with Crippen molar-refractivity contribution in [2.75, 3.05) is 12.0 Å². The van der Waals surface area contributed by atoms with Crippen molar-refractivity contribution in [2.45, 2.75) is 98.0 Å². The number of para-hydroxylation sites is 1. The molecule has 3 N–H and O–H groups in total. The van der Waals surface area contributed by atoms with Crippen LogP contribution in [-0.2, 0) is 14.3 Å². The van der Waals surface area contributed by atoms with Gasteiger partial charge in [0, 0.05) is 17.1 Å². The Hall–Kier alpha value is -2.42. The van der Waals surface area contributed by atoms with E-state index in [4.69, 9.17) is 4.74 Å². The predicted molar refractivity (Wildman–Crippen MR) is 142 cm³/mol. The Bertz CT molecular complexity index is 890. The second-order valence-electron chi connectivity index (χ2n) is 11.0. The fraction of sp³-hybridized carbons (Fsp3) is 0.654. The number of phenolic OH excluding ortho intramolecular Hbond substituents is 1. The third kappa shape index (κ3) is 9.63. The van der Waals surface area contributed by atoms with Gasteiger partial charge in [-0.15, -0.1) is 0 Å². The lowest BCUT2D eigenvalue weighted by atomic mass is 9.96. The number of aryl methyl sites for hydroxylation is 1. The molecule has 2 unspecified atom stereocenters. The van der Waals surface area contributed by atoms with Crippen molar-refractivity contribution in [2.24, 2.45) is 0 Å². The lowest BCUT2D eigenvalue weighted by Gasteiger charge is -2.38. The molecular formula is C26H43N3O5S. The van der Waals surface area contributed by atoms with Gasteiger partial charge in [-0.1, -0.05) is 18.2 Å². The van der Waals surface area contributed by atoms with E-state index in [0.717, 1.165) is 0 Å². The first-order valence-electron chi connectivity index (χ1n) is 11.9. The number of phenols is 1. The van der Waals surface area contributed by atoms with Crippen molar-refractivity contribution in [1.29, 1.82) is 0 Å². The van der Waals surface area contributed by atoms with E-state index >= 15 is 0 Å². The quantitative estimate of drug-likeness (QED) is 0.451. The number of carbonyl (C=O) groups excluding carboxylic acids is 3. The van der Waals surface area contributed by atoms with Gasteiger partial charge >= 0.3 is 6.09 Å². The molecule has 35 heavy (non-hydrogen) atoms. The number of hydrogen-bond donors (Lipinski definition) is 3. The van der Waals surface area contributed by atoms with E-state index in [0.29, 0.717) is 23.3 Å². The number of thioether (sulfide) groups is 1. The zero-order chi connectivity index (χ0) is 27.1. The summed E-state index contributed by atoms with van der Waals surface area (Å²) >= 11 is 1.55. The van der Waals surface area contributed by atoms with Crippen LogP contribution in [0.4, 0.5) is 4.79 Å². The largest absolute Gasteiger partial charge is 0.507 e. The fourth-order valence-electron chi connectivity index (χ4n) is 3.56.